The number of hydrogen-bond donors (Lipinski definition) is 2. The highest BCUT2D eigenvalue weighted by molar-refractivity contribution is 6.00. The highest BCUT2D eigenvalue weighted by Crippen LogP contribution is 2.25. The van der Waals surface area contributed by atoms with Crippen molar-refractivity contribution in [2.24, 2.45) is 5.92 Å². The van der Waals surface area contributed by atoms with Crippen molar-refractivity contribution in [2.75, 3.05) is 25.0 Å². The fourth-order valence-electron chi connectivity index (χ4n) is 3.99. The maximum absolute atomic E-state index is 13.2. The molecule has 1 fully saturated rings. The van der Waals surface area contributed by atoms with Gasteiger partial charge >= 0.3 is 0 Å². The maximum atomic E-state index is 13.2. The summed E-state index contributed by atoms with van der Waals surface area (Å²) in [6.45, 7) is 1.78. The Morgan fingerprint density at radius 1 is 0.906 bits per heavy atom. The first-order chi connectivity index (χ1) is 15.7. The highest BCUT2D eigenvalue weighted by atomic mass is 16.2. The van der Waals surface area contributed by atoms with E-state index in [1.54, 1.807) is 12.4 Å². The number of piperidine rings is 1. The van der Waals surface area contributed by atoms with Gasteiger partial charge in [0, 0.05) is 43.6 Å². The summed E-state index contributed by atoms with van der Waals surface area (Å²) < 4.78 is 0. The normalized spacial score (nSPS) is 14.1. The summed E-state index contributed by atoms with van der Waals surface area (Å²) in [6.07, 6.45) is 5.67. The summed E-state index contributed by atoms with van der Waals surface area (Å²) in [5.74, 6) is 0.0343. The van der Waals surface area contributed by atoms with Crippen LogP contribution in [0.5, 0.6) is 0 Å². The van der Waals surface area contributed by atoms with Crippen LogP contribution in [0.4, 0.5) is 11.4 Å². The number of anilines is 2. The summed E-state index contributed by atoms with van der Waals surface area (Å²) in [7, 11) is 0. The predicted octanol–water partition coefficient (Wildman–Crippen LogP) is 4.04. The van der Waals surface area contributed by atoms with Crippen LogP contribution in [0.25, 0.3) is 0 Å². The van der Waals surface area contributed by atoms with Gasteiger partial charge in [0.2, 0.25) is 5.91 Å². The van der Waals surface area contributed by atoms with Crippen LogP contribution in [-0.2, 0) is 11.2 Å². The first-order valence-corrected chi connectivity index (χ1v) is 11.1. The van der Waals surface area contributed by atoms with E-state index in [0.717, 1.165) is 23.4 Å². The van der Waals surface area contributed by atoms with E-state index < -0.39 is 0 Å². The van der Waals surface area contributed by atoms with Crippen molar-refractivity contribution in [3.63, 3.8) is 0 Å². The van der Waals surface area contributed by atoms with Gasteiger partial charge in [0.05, 0.1) is 11.3 Å². The molecule has 0 atom stereocenters. The lowest BCUT2D eigenvalue weighted by molar-refractivity contribution is -0.126. The molecule has 3 aromatic rings. The number of likely N-dealkylation sites (tertiary alicyclic amines) is 1. The van der Waals surface area contributed by atoms with Gasteiger partial charge in [0.15, 0.2) is 0 Å². The Hall–Kier alpha value is -3.67. The summed E-state index contributed by atoms with van der Waals surface area (Å²) in [5.41, 5.74) is 3.54. The van der Waals surface area contributed by atoms with E-state index in [9.17, 15) is 9.59 Å². The van der Waals surface area contributed by atoms with E-state index in [1.807, 2.05) is 71.6 Å². The largest absolute Gasteiger partial charge is 0.356 e. The minimum Gasteiger partial charge on any atom is -0.356 e. The first-order valence-electron chi connectivity index (χ1n) is 11.1. The predicted molar refractivity (Wildman–Crippen MR) is 126 cm³/mol. The number of nitrogens with one attached hydrogen (secondary N) is 2. The van der Waals surface area contributed by atoms with Crippen LogP contribution in [0.2, 0.25) is 0 Å². The van der Waals surface area contributed by atoms with Crippen LogP contribution in [0.15, 0.2) is 79.1 Å². The topological polar surface area (TPSA) is 74.3 Å². The number of amides is 2. The lowest BCUT2D eigenvalue weighted by atomic mass is 9.95. The van der Waals surface area contributed by atoms with Crippen molar-refractivity contribution in [2.45, 2.75) is 19.3 Å². The molecule has 2 heterocycles. The van der Waals surface area contributed by atoms with Gasteiger partial charge in [0.25, 0.3) is 5.91 Å². The number of nitrogens with zero attached hydrogens (tertiary/aromatic N) is 2. The number of hydrogen-bond acceptors (Lipinski definition) is 4. The number of carbonyl (C=O) groups is 2. The fraction of sp³-hybridized carbons (Fsp3) is 0.269. The molecule has 2 N–H and O–H groups in total. The van der Waals surface area contributed by atoms with Crippen molar-refractivity contribution < 1.29 is 9.59 Å². The van der Waals surface area contributed by atoms with E-state index in [1.165, 1.54) is 0 Å². The Balaban J connectivity index is 1.29. The Bertz CT molecular complexity index is 1030. The number of carbonyl (C=O) groups excluding carboxylic acids is 2. The molecule has 0 saturated carbocycles. The molecule has 0 bridgehead atoms. The number of aromatic nitrogens is 1. The van der Waals surface area contributed by atoms with Crippen LogP contribution >= 0.6 is 0 Å². The number of para-hydroxylation sites is 2. The second kappa shape index (κ2) is 10.6. The van der Waals surface area contributed by atoms with Gasteiger partial charge < -0.3 is 15.5 Å². The molecular weight excluding hydrogens is 400 g/mol. The van der Waals surface area contributed by atoms with E-state index in [-0.39, 0.29) is 17.7 Å². The summed E-state index contributed by atoms with van der Waals surface area (Å²) in [5, 5.41) is 6.38. The first kappa shape index (κ1) is 21.6. The van der Waals surface area contributed by atoms with E-state index in [4.69, 9.17) is 0 Å². The average molecular weight is 429 g/mol. The molecule has 6 heteroatoms. The number of rotatable bonds is 7. The van der Waals surface area contributed by atoms with Crippen LogP contribution < -0.4 is 10.6 Å². The molecular formula is C26H28N4O2. The van der Waals surface area contributed by atoms with Crippen molar-refractivity contribution in [1.82, 2.24) is 15.2 Å². The van der Waals surface area contributed by atoms with Gasteiger partial charge in [-0.1, -0.05) is 30.3 Å². The van der Waals surface area contributed by atoms with Crippen molar-refractivity contribution in [3.05, 3.63) is 90.3 Å². The van der Waals surface area contributed by atoms with E-state index >= 15 is 0 Å². The van der Waals surface area contributed by atoms with Crippen molar-refractivity contribution in [1.29, 1.82) is 0 Å². The third-order valence-corrected chi connectivity index (χ3v) is 5.83. The smallest absolute Gasteiger partial charge is 0.255 e. The molecule has 0 spiro atoms. The summed E-state index contributed by atoms with van der Waals surface area (Å²) >= 11 is 0. The minimum absolute atomic E-state index is 0.000534. The molecule has 1 aliphatic rings. The average Bonchev–Trinajstić information content (AvgIpc) is 2.85. The van der Waals surface area contributed by atoms with Crippen LogP contribution in [0.1, 0.15) is 28.8 Å². The monoisotopic (exact) mass is 428 g/mol. The lowest BCUT2D eigenvalue weighted by Gasteiger charge is -2.32. The fourth-order valence-corrected chi connectivity index (χ4v) is 3.99. The van der Waals surface area contributed by atoms with Gasteiger partial charge in [-0.3, -0.25) is 14.6 Å². The van der Waals surface area contributed by atoms with E-state index in [2.05, 4.69) is 15.6 Å². The molecule has 32 heavy (non-hydrogen) atoms. The molecule has 1 aromatic heterocycles. The SMILES string of the molecule is O=C(NCCc1ccncc1)C1CCN(C(=O)c2ccccc2Nc2ccccc2)CC1. The lowest BCUT2D eigenvalue weighted by Crippen LogP contribution is -2.43. The second-order valence-corrected chi connectivity index (χ2v) is 8.00. The molecule has 2 aromatic carbocycles. The Kier molecular flexibility index (Phi) is 7.12. The van der Waals surface area contributed by atoms with E-state index in [0.29, 0.717) is 38.0 Å². The van der Waals surface area contributed by atoms with Crippen molar-refractivity contribution in [3.8, 4) is 0 Å². The number of pyridine rings is 1. The summed E-state index contributed by atoms with van der Waals surface area (Å²) in [4.78, 5) is 31.6. The van der Waals surface area contributed by atoms with Crippen LogP contribution in [-0.4, -0.2) is 41.3 Å². The molecule has 6 nitrogen and oxygen atoms in total. The zero-order valence-electron chi connectivity index (χ0n) is 18.0. The van der Waals surface area contributed by atoms with Gasteiger partial charge in [-0.2, -0.15) is 0 Å². The third kappa shape index (κ3) is 5.52. The molecule has 164 valence electrons. The zero-order chi connectivity index (χ0) is 22.2. The summed E-state index contributed by atoms with van der Waals surface area (Å²) in [6, 6.07) is 21.3. The van der Waals surface area contributed by atoms with Gasteiger partial charge in [0.1, 0.15) is 0 Å². The molecule has 0 aliphatic carbocycles. The number of benzene rings is 2. The van der Waals surface area contributed by atoms with Crippen LogP contribution in [0, 0.1) is 5.92 Å². The maximum Gasteiger partial charge on any atom is 0.255 e. The van der Waals surface area contributed by atoms with Crippen LogP contribution in [0.3, 0.4) is 0 Å². The van der Waals surface area contributed by atoms with Crippen molar-refractivity contribution >= 4 is 23.2 Å². The molecule has 0 radical (unpaired) electrons. The second-order valence-electron chi connectivity index (χ2n) is 8.00. The Morgan fingerprint density at radius 3 is 2.34 bits per heavy atom. The quantitative estimate of drug-likeness (QED) is 0.596. The molecule has 4 rings (SSSR count). The standard InChI is InChI=1S/C26H28N4O2/c31-25(28-17-12-20-10-15-27-16-11-20)21-13-18-30(19-14-21)26(32)23-8-4-5-9-24(23)29-22-6-2-1-3-7-22/h1-11,15-16,21,29H,12-14,17-19H2,(H,28,31). The molecule has 1 saturated heterocycles. The highest BCUT2D eigenvalue weighted by Gasteiger charge is 2.28. The third-order valence-electron chi connectivity index (χ3n) is 5.83. The van der Waals surface area contributed by atoms with Gasteiger partial charge in [-0.05, 0) is 61.2 Å². The molecule has 0 unspecified atom stereocenters. The molecule has 1 aliphatic heterocycles. The minimum atomic E-state index is -0.0471. The Morgan fingerprint density at radius 2 is 1.59 bits per heavy atom. The zero-order valence-corrected chi connectivity index (χ0v) is 18.0. The Labute approximate surface area is 188 Å². The van der Waals surface area contributed by atoms with Gasteiger partial charge in [-0.15, -0.1) is 0 Å². The molecule has 2 amide bonds. The van der Waals surface area contributed by atoms with Gasteiger partial charge in [-0.25, -0.2) is 0 Å².